The van der Waals surface area contributed by atoms with Crippen molar-refractivity contribution in [3.63, 3.8) is 0 Å². The van der Waals surface area contributed by atoms with Crippen molar-refractivity contribution < 1.29 is 13.9 Å². The van der Waals surface area contributed by atoms with Crippen molar-refractivity contribution in [2.75, 3.05) is 0 Å². The van der Waals surface area contributed by atoms with Crippen LogP contribution in [0.15, 0.2) is 23.6 Å². The molecule has 1 heterocycles. The van der Waals surface area contributed by atoms with E-state index in [-0.39, 0.29) is 5.56 Å². The van der Waals surface area contributed by atoms with Crippen molar-refractivity contribution in [2.45, 2.75) is 25.9 Å². The molecule has 0 aliphatic rings. The Hall–Kier alpha value is -1.33. The number of benzene rings is 1. The Labute approximate surface area is 108 Å². The van der Waals surface area contributed by atoms with Crippen LogP contribution in [0.1, 0.15) is 18.9 Å². The molecule has 0 amide bonds. The third-order valence-electron chi connectivity index (χ3n) is 2.34. The van der Waals surface area contributed by atoms with Crippen LogP contribution in [0.3, 0.4) is 0 Å². The first kappa shape index (κ1) is 13.1. The van der Waals surface area contributed by atoms with Gasteiger partial charge in [-0.1, -0.05) is 0 Å². The van der Waals surface area contributed by atoms with Gasteiger partial charge in [0.2, 0.25) is 0 Å². The molecule has 0 saturated heterocycles. The second kappa shape index (κ2) is 4.74. The molecule has 1 N–H and O–H groups in total. The SMILES string of the molecule is CC(C)(O)Cc1nc(-c2ccc(F)cc2F)cs1. The van der Waals surface area contributed by atoms with E-state index < -0.39 is 17.2 Å². The summed E-state index contributed by atoms with van der Waals surface area (Å²) >= 11 is 1.35. The normalized spacial score (nSPS) is 11.8. The van der Waals surface area contributed by atoms with Gasteiger partial charge in [0.1, 0.15) is 11.6 Å². The highest BCUT2D eigenvalue weighted by atomic mass is 32.1. The summed E-state index contributed by atoms with van der Waals surface area (Å²) in [6.45, 7) is 3.37. The lowest BCUT2D eigenvalue weighted by atomic mass is 10.1. The average Bonchev–Trinajstić information content (AvgIpc) is 2.63. The van der Waals surface area contributed by atoms with Crippen LogP contribution in [0.25, 0.3) is 11.3 Å². The van der Waals surface area contributed by atoms with E-state index in [1.54, 1.807) is 19.2 Å². The first-order valence-electron chi connectivity index (χ1n) is 5.47. The van der Waals surface area contributed by atoms with E-state index in [4.69, 9.17) is 0 Å². The number of rotatable bonds is 3. The molecule has 0 aliphatic heterocycles. The number of nitrogens with zero attached hydrogens (tertiary/aromatic N) is 1. The van der Waals surface area contributed by atoms with E-state index in [1.165, 1.54) is 23.5 Å². The number of hydrogen-bond acceptors (Lipinski definition) is 3. The Morgan fingerprint density at radius 1 is 1.33 bits per heavy atom. The molecule has 2 aromatic rings. The molecule has 5 heteroatoms. The second-order valence-electron chi connectivity index (χ2n) is 4.74. The van der Waals surface area contributed by atoms with E-state index in [0.29, 0.717) is 12.1 Å². The first-order valence-corrected chi connectivity index (χ1v) is 6.35. The molecule has 2 nitrogen and oxygen atoms in total. The van der Waals surface area contributed by atoms with Crippen molar-refractivity contribution in [1.29, 1.82) is 0 Å². The Bertz CT molecular complexity index is 560. The van der Waals surface area contributed by atoms with E-state index in [2.05, 4.69) is 4.98 Å². The van der Waals surface area contributed by atoms with Crippen molar-refractivity contribution >= 4 is 11.3 Å². The molecule has 0 radical (unpaired) electrons. The standard InChI is InChI=1S/C13H13F2NOS/c1-13(2,17)6-12-16-11(7-18-12)9-4-3-8(14)5-10(9)15/h3-5,7,17H,6H2,1-2H3. The zero-order valence-electron chi connectivity index (χ0n) is 10.1. The number of aliphatic hydroxyl groups is 1. The van der Waals surface area contributed by atoms with Gasteiger partial charge in [0.05, 0.1) is 16.3 Å². The molecular formula is C13H13F2NOS. The molecule has 1 aromatic carbocycles. The van der Waals surface area contributed by atoms with Gasteiger partial charge < -0.3 is 5.11 Å². The molecule has 2 rings (SSSR count). The molecule has 0 atom stereocenters. The molecule has 0 saturated carbocycles. The molecule has 0 unspecified atom stereocenters. The van der Waals surface area contributed by atoms with Crippen LogP contribution in [-0.2, 0) is 6.42 Å². The van der Waals surface area contributed by atoms with Crippen LogP contribution in [0.4, 0.5) is 8.78 Å². The molecule has 0 aliphatic carbocycles. The summed E-state index contributed by atoms with van der Waals surface area (Å²) < 4.78 is 26.4. The van der Waals surface area contributed by atoms with Gasteiger partial charge in [-0.15, -0.1) is 11.3 Å². The highest BCUT2D eigenvalue weighted by Crippen LogP contribution is 2.26. The maximum atomic E-state index is 13.6. The van der Waals surface area contributed by atoms with Gasteiger partial charge >= 0.3 is 0 Å². The fraction of sp³-hybridized carbons (Fsp3) is 0.308. The van der Waals surface area contributed by atoms with Crippen molar-refractivity contribution in [1.82, 2.24) is 4.98 Å². The van der Waals surface area contributed by atoms with E-state index in [0.717, 1.165) is 11.1 Å². The Kier molecular flexibility index (Phi) is 3.45. The summed E-state index contributed by atoms with van der Waals surface area (Å²) in [6.07, 6.45) is 0.403. The number of thiazole rings is 1. The predicted molar refractivity (Wildman–Crippen MR) is 67.5 cm³/mol. The minimum absolute atomic E-state index is 0.273. The summed E-state index contributed by atoms with van der Waals surface area (Å²) in [7, 11) is 0. The lowest BCUT2D eigenvalue weighted by Gasteiger charge is -2.14. The zero-order valence-corrected chi connectivity index (χ0v) is 10.9. The van der Waals surface area contributed by atoms with Crippen LogP contribution in [0.2, 0.25) is 0 Å². The Morgan fingerprint density at radius 2 is 2.06 bits per heavy atom. The van der Waals surface area contributed by atoms with E-state index in [1.807, 2.05) is 0 Å². The third-order valence-corrected chi connectivity index (χ3v) is 3.19. The topological polar surface area (TPSA) is 33.1 Å². The largest absolute Gasteiger partial charge is 0.390 e. The highest BCUT2D eigenvalue weighted by molar-refractivity contribution is 7.09. The Morgan fingerprint density at radius 3 is 2.67 bits per heavy atom. The van der Waals surface area contributed by atoms with Crippen molar-refractivity contribution in [3.05, 3.63) is 40.2 Å². The molecule has 0 bridgehead atoms. The molecule has 1 aromatic heterocycles. The summed E-state index contributed by atoms with van der Waals surface area (Å²) in [4.78, 5) is 4.25. The van der Waals surface area contributed by atoms with E-state index >= 15 is 0 Å². The van der Waals surface area contributed by atoms with Crippen LogP contribution >= 0.6 is 11.3 Å². The Balaban J connectivity index is 2.29. The summed E-state index contributed by atoms with van der Waals surface area (Å²) in [6, 6.07) is 3.41. The van der Waals surface area contributed by atoms with E-state index in [9.17, 15) is 13.9 Å². The minimum atomic E-state index is -0.851. The van der Waals surface area contributed by atoms with Gasteiger partial charge in [0.15, 0.2) is 0 Å². The fourth-order valence-corrected chi connectivity index (χ4v) is 2.60. The molecule has 0 fully saturated rings. The van der Waals surface area contributed by atoms with Crippen molar-refractivity contribution in [2.24, 2.45) is 0 Å². The molecule has 0 spiro atoms. The fourth-order valence-electron chi connectivity index (χ4n) is 1.58. The third kappa shape index (κ3) is 3.11. The van der Waals surface area contributed by atoms with Gasteiger partial charge in [-0.2, -0.15) is 0 Å². The lowest BCUT2D eigenvalue weighted by Crippen LogP contribution is -2.21. The number of hydrogen-bond donors (Lipinski definition) is 1. The van der Waals surface area contributed by atoms with Crippen molar-refractivity contribution in [3.8, 4) is 11.3 Å². The van der Waals surface area contributed by atoms with Gasteiger partial charge in [0, 0.05) is 23.4 Å². The van der Waals surface area contributed by atoms with Crippen LogP contribution < -0.4 is 0 Å². The average molecular weight is 269 g/mol. The summed E-state index contributed by atoms with van der Waals surface area (Å²) in [5.41, 5.74) is -0.109. The molecule has 96 valence electrons. The second-order valence-corrected chi connectivity index (χ2v) is 5.68. The molecule has 18 heavy (non-hydrogen) atoms. The summed E-state index contributed by atoms with van der Waals surface area (Å²) in [5, 5.41) is 12.1. The van der Waals surface area contributed by atoms with Crippen LogP contribution in [-0.4, -0.2) is 15.7 Å². The zero-order chi connectivity index (χ0) is 13.3. The monoisotopic (exact) mass is 269 g/mol. The van der Waals surface area contributed by atoms with Gasteiger partial charge in [-0.3, -0.25) is 0 Å². The van der Waals surface area contributed by atoms with Crippen LogP contribution in [0, 0.1) is 11.6 Å². The predicted octanol–water partition coefficient (Wildman–Crippen LogP) is 3.40. The number of aromatic nitrogens is 1. The summed E-state index contributed by atoms with van der Waals surface area (Å²) in [5.74, 6) is -1.24. The smallest absolute Gasteiger partial charge is 0.135 e. The quantitative estimate of drug-likeness (QED) is 0.926. The van der Waals surface area contributed by atoms with Gasteiger partial charge in [0.25, 0.3) is 0 Å². The maximum absolute atomic E-state index is 13.6. The molecular weight excluding hydrogens is 256 g/mol. The van der Waals surface area contributed by atoms with Crippen LogP contribution in [0.5, 0.6) is 0 Å². The lowest BCUT2D eigenvalue weighted by molar-refractivity contribution is 0.0809. The van der Waals surface area contributed by atoms with Gasteiger partial charge in [-0.25, -0.2) is 13.8 Å². The van der Waals surface area contributed by atoms with Gasteiger partial charge in [-0.05, 0) is 26.0 Å². The first-order chi connectivity index (χ1) is 8.35. The number of halogens is 2. The maximum Gasteiger partial charge on any atom is 0.135 e. The minimum Gasteiger partial charge on any atom is -0.390 e. The highest BCUT2D eigenvalue weighted by Gasteiger charge is 2.17.